The van der Waals surface area contributed by atoms with Gasteiger partial charge in [0.1, 0.15) is 5.75 Å². The van der Waals surface area contributed by atoms with Gasteiger partial charge in [0.25, 0.3) is 5.91 Å². The van der Waals surface area contributed by atoms with E-state index in [1.807, 2.05) is 10.6 Å². The molecule has 1 N–H and O–H groups in total. The van der Waals surface area contributed by atoms with E-state index in [0.717, 1.165) is 10.7 Å². The third-order valence-corrected chi connectivity index (χ3v) is 5.84. The Labute approximate surface area is 189 Å². The van der Waals surface area contributed by atoms with Crippen molar-refractivity contribution >= 4 is 40.9 Å². The first-order chi connectivity index (χ1) is 14.5. The fourth-order valence-corrected chi connectivity index (χ4v) is 4.18. The van der Waals surface area contributed by atoms with Crippen molar-refractivity contribution in [2.24, 2.45) is 0 Å². The zero-order valence-electron chi connectivity index (χ0n) is 16.3. The van der Waals surface area contributed by atoms with Crippen LogP contribution >= 0.6 is 35.0 Å². The van der Waals surface area contributed by atoms with Crippen molar-refractivity contribution in [3.8, 4) is 5.75 Å². The maximum atomic E-state index is 12.4. The van der Waals surface area contributed by atoms with E-state index in [9.17, 15) is 4.79 Å². The van der Waals surface area contributed by atoms with E-state index in [1.54, 1.807) is 49.6 Å². The molecule has 1 amide bonds. The lowest BCUT2D eigenvalue weighted by Gasteiger charge is -2.10. The first-order valence-electron chi connectivity index (χ1n) is 9.03. The third-order valence-electron chi connectivity index (χ3n) is 4.24. The second-order valence-corrected chi connectivity index (χ2v) is 8.02. The molecule has 3 rings (SSSR count). The SMILES string of the molecule is C=CCn1c(CNC(=O)c2ccc(OC)cc2)nnc1SCc1ccc(Cl)cc1Cl. The first-order valence-corrected chi connectivity index (χ1v) is 10.8. The molecule has 0 radical (unpaired) electrons. The minimum absolute atomic E-state index is 0.201. The van der Waals surface area contributed by atoms with Gasteiger partial charge >= 0.3 is 0 Å². The van der Waals surface area contributed by atoms with Crippen LogP contribution in [0.25, 0.3) is 0 Å². The fourth-order valence-electron chi connectivity index (χ4n) is 2.65. The highest BCUT2D eigenvalue weighted by molar-refractivity contribution is 7.98. The molecule has 0 aliphatic heterocycles. The van der Waals surface area contributed by atoms with Gasteiger partial charge in [0.2, 0.25) is 0 Å². The molecule has 0 bridgehead atoms. The zero-order valence-corrected chi connectivity index (χ0v) is 18.6. The Balaban J connectivity index is 1.67. The van der Waals surface area contributed by atoms with Gasteiger partial charge in [-0.25, -0.2) is 0 Å². The molecule has 0 aliphatic carbocycles. The van der Waals surface area contributed by atoms with E-state index in [0.29, 0.717) is 39.5 Å². The van der Waals surface area contributed by atoms with Crippen LogP contribution in [-0.2, 0) is 18.8 Å². The van der Waals surface area contributed by atoms with Gasteiger partial charge in [-0.3, -0.25) is 4.79 Å². The van der Waals surface area contributed by atoms with Crippen molar-refractivity contribution in [1.82, 2.24) is 20.1 Å². The fraction of sp³-hybridized carbons (Fsp3) is 0.190. The van der Waals surface area contributed by atoms with Crippen molar-refractivity contribution < 1.29 is 9.53 Å². The molecule has 6 nitrogen and oxygen atoms in total. The van der Waals surface area contributed by atoms with E-state index in [2.05, 4.69) is 22.1 Å². The van der Waals surface area contributed by atoms with E-state index in [-0.39, 0.29) is 12.5 Å². The second-order valence-electron chi connectivity index (χ2n) is 6.23. The molecule has 0 saturated heterocycles. The summed E-state index contributed by atoms with van der Waals surface area (Å²) >= 11 is 13.7. The van der Waals surface area contributed by atoms with Crippen LogP contribution in [0.5, 0.6) is 5.75 Å². The number of amides is 1. The van der Waals surface area contributed by atoms with Gasteiger partial charge in [-0.05, 0) is 42.0 Å². The number of halogens is 2. The second kappa shape index (κ2) is 10.5. The largest absolute Gasteiger partial charge is 0.497 e. The number of hydrogen-bond acceptors (Lipinski definition) is 5. The van der Waals surface area contributed by atoms with Gasteiger partial charge < -0.3 is 14.6 Å². The highest BCUT2D eigenvalue weighted by Gasteiger charge is 2.14. The topological polar surface area (TPSA) is 69.0 Å². The molecule has 2 aromatic carbocycles. The Bertz CT molecular complexity index is 1040. The number of thioether (sulfide) groups is 1. The van der Waals surface area contributed by atoms with Gasteiger partial charge in [0, 0.05) is 27.9 Å². The summed E-state index contributed by atoms with van der Waals surface area (Å²) in [7, 11) is 1.58. The van der Waals surface area contributed by atoms with Crippen LogP contribution in [0, 0.1) is 0 Å². The number of rotatable bonds is 9. The molecule has 0 fully saturated rings. The number of aromatic nitrogens is 3. The molecular weight excluding hydrogens is 443 g/mol. The average Bonchev–Trinajstić information content (AvgIpc) is 3.13. The van der Waals surface area contributed by atoms with E-state index in [1.165, 1.54) is 11.8 Å². The van der Waals surface area contributed by atoms with Crippen LogP contribution in [0.4, 0.5) is 0 Å². The standard InChI is InChI=1S/C21H20Cl2N4O2S/c1-3-10-27-19(12-24-20(28)14-5-8-17(29-2)9-6-14)25-26-21(27)30-13-15-4-7-16(22)11-18(15)23/h3-9,11H,1,10,12-13H2,2H3,(H,24,28). The van der Waals surface area contributed by atoms with E-state index >= 15 is 0 Å². The molecule has 0 saturated carbocycles. The van der Waals surface area contributed by atoms with E-state index < -0.39 is 0 Å². The lowest BCUT2D eigenvalue weighted by atomic mass is 10.2. The van der Waals surface area contributed by atoms with Crippen LogP contribution in [0.15, 0.2) is 60.3 Å². The molecule has 0 atom stereocenters. The van der Waals surface area contributed by atoms with Gasteiger partial charge in [-0.1, -0.05) is 47.1 Å². The summed E-state index contributed by atoms with van der Waals surface area (Å²) in [6, 6.07) is 12.3. The summed E-state index contributed by atoms with van der Waals surface area (Å²) in [5.41, 5.74) is 1.49. The summed E-state index contributed by atoms with van der Waals surface area (Å²) in [5.74, 6) is 1.75. The predicted octanol–water partition coefficient (Wildman–Crippen LogP) is 5.00. The molecule has 0 aliphatic rings. The normalized spacial score (nSPS) is 10.6. The van der Waals surface area contributed by atoms with Crippen molar-refractivity contribution in [2.45, 2.75) is 24.0 Å². The van der Waals surface area contributed by atoms with Crippen molar-refractivity contribution in [3.05, 3.63) is 82.1 Å². The summed E-state index contributed by atoms with van der Waals surface area (Å²) in [6.45, 7) is 4.57. The number of methoxy groups -OCH3 is 1. The third kappa shape index (κ3) is 5.56. The number of carbonyl (C=O) groups excluding carboxylic acids is 1. The number of nitrogens with zero attached hydrogens (tertiary/aromatic N) is 3. The van der Waals surface area contributed by atoms with Crippen molar-refractivity contribution in [2.75, 3.05) is 7.11 Å². The lowest BCUT2D eigenvalue weighted by Crippen LogP contribution is -2.24. The van der Waals surface area contributed by atoms with Crippen LogP contribution in [0.3, 0.4) is 0 Å². The lowest BCUT2D eigenvalue weighted by molar-refractivity contribution is 0.0949. The number of allylic oxidation sites excluding steroid dienone is 1. The minimum atomic E-state index is -0.201. The molecule has 0 unspecified atom stereocenters. The highest BCUT2D eigenvalue weighted by Crippen LogP contribution is 2.28. The highest BCUT2D eigenvalue weighted by atomic mass is 35.5. The van der Waals surface area contributed by atoms with Gasteiger partial charge in [-0.2, -0.15) is 0 Å². The number of carbonyl (C=O) groups is 1. The zero-order chi connectivity index (χ0) is 21.5. The molecule has 9 heteroatoms. The molecule has 156 valence electrons. The molecule has 1 aromatic heterocycles. The molecule has 30 heavy (non-hydrogen) atoms. The number of nitrogens with one attached hydrogen (secondary N) is 1. The average molecular weight is 463 g/mol. The Morgan fingerprint density at radius 1 is 1.23 bits per heavy atom. The molecule has 1 heterocycles. The smallest absolute Gasteiger partial charge is 0.251 e. The van der Waals surface area contributed by atoms with Crippen LogP contribution in [0.1, 0.15) is 21.7 Å². The number of hydrogen-bond donors (Lipinski definition) is 1. The van der Waals surface area contributed by atoms with E-state index in [4.69, 9.17) is 27.9 Å². The van der Waals surface area contributed by atoms with Crippen molar-refractivity contribution in [1.29, 1.82) is 0 Å². The Hall–Kier alpha value is -2.48. The Kier molecular flexibility index (Phi) is 7.79. The quantitative estimate of drug-likeness (QED) is 0.357. The van der Waals surface area contributed by atoms with Crippen molar-refractivity contribution in [3.63, 3.8) is 0 Å². The summed E-state index contributed by atoms with van der Waals surface area (Å²) < 4.78 is 7.02. The van der Waals surface area contributed by atoms with Gasteiger partial charge in [0.05, 0.1) is 13.7 Å². The summed E-state index contributed by atoms with van der Waals surface area (Å²) in [6.07, 6.45) is 1.76. The molecule has 0 spiro atoms. The number of benzene rings is 2. The summed E-state index contributed by atoms with van der Waals surface area (Å²) in [4.78, 5) is 12.4. The van der Waals surface area contributed by atoms with Gasteiger partial charge in [0.15, 0.2) is 11.0 Å². The van der Waals surface area contributed by atoms with Gasteiger partial charge in [-0.15, -0.1) is 16.8 Å². The molecular formula is C21H20Cl2N4O2S. The van der Waals surface area contributed by atoms with Crippen LogP contribution in [-0.4, -0.2) is 27.8 Å². The molecule has 3 aromatic rings. The van der Waals surface area contributed by atoms with Crippen LogP contribution < -0.4 is 10.1 Å². The summed E-state index contributed by atoms with van der Waals surface area (Å²) in [5, 5.41) is 13.3. The maximum absolute atomic E-state index is 12.4. The predicted molar refractivity (Wildman–Crippen MR) is 120 cm³/mol. The van der Waals surface area contributed by atoms with Crippen LogP contribution in [0.2, 0.25) is 10.0 Å². The Morgan fingerprint density at radius 2 is 2.00 bits per heavy atom. The Morgan fingerprint density at radius 3 is 2.67 bits per heavy atom. The first kappa shape index (κ1) is 22.2. The number of ether oxygens (including phenoxy) is 1. The monoisotopic (exact) mass is 462 g/mol. The minimum Gasteiger partial charge on any atom is -0.497 e. The maximum Gasteiger partial charge on any atom is 0.251 e.